The van der Waals surface area contributed by atoms with Crippen LogP contribution in [0, 0.1) is 5.82 Å². The number of halogens is 2. The highest BCUT2D eigenvalue weighted by atomic mass is 19.1. The summed E-state index contributed by atoms with van der Waals surface area (Å²) in [6.45, 7) is 2.01. The maximum atomic E-state index is 15.5. The lowest BCUT2D eigenvalue weighted by Crippen LogP contribution is -2.62. The van der Waals surface area contributed by atoms with Crippen molar-refractivity contribution in [1.82, 2.24) is 24.9 Å². The number of phenols is 1. The van der Waals surface area contributed by atoms with Crippen molar-refractivity contribution < 1.29 is 13.9 Å². The van der Waals surface area contributed by atoms with E-state index in [9.17, 15) is 9.50 Å². The molecule has 3 aromatic rings. The van der Waals surface area contributed by atoms with Gasteiger partial charge in [-0.3, -0.25) is 4.90 Å². The molecular weight excluding hydrogens is 414 g/mol. The molecule has 2 aromatic heterocycles. The molecule has 168 valence electrons. The summed E-state index contributed by atoms with van der Waals surface area (Å²) in [7, 11) is 3.89. The van der Waals surface area contributed by atoms with E-state index in [4.69, 9.17) is 0 Å². The molecule has 5 rings (SSSR count). The van der Waals surface area contributed by atoms with E-state index in [1.165, 1.54) is 16.9 Å². The van der Waals surface area contributed by atoms with Crippen LogP contribution in [0.3, 0.4) is 0 Å². The van der Waals surface area contributed by atoms with E-state index < -0.39 is 17.5 Å². The molecule has 1 aromatic carbocycles. The van der Waals surface area contributed by atoms with Gasteiger partial charge < -0.3 is 10.0 Å². The Morgan fingerprint density at radius 2 is 2.03 bits per heavy atom. The van der Waals surface area contributed by atoms with Gasteiger partial charge >= 0.3 is 0 Å². The fourth-order valence-corrected chi connectivity index (χ4v) is 5.17. The van der Waals surface area contributed by atoms with Gasteiger partial charge in [0.15, 0.2) is 11.6 Å². The van der Waals surface area contributed by atoms with Crippen LogP contribution in [-0.2, 0) is 0 Å². The lowest BCUT2D eigenvalue weighted by atomic mass is 9.84. The van der Waals surface area contributed by atoms with Gasteiger partial charge in [-0.2, -0.15) is 5.10 Å². The highest BCUT2D eigenvalue weighted by Crippen LogP contribution is 2.46. The van der Waals surface area contributed by atoms with Crippen LogP contribution in [0.5, 0.6) is 5.75 Å². The van der Waals surface area contributed by atoms with Crippen LogP contribution in [-0.4, -0.2) is 67.9 Å². The molecule has 2 aliphatic rings. The first-order valence-corrected chi connectivity index (χ1v) is 10.8. The molecule has 0 amide bonds. The Labute approximate surface area is 185 Å². The van der Waals surface area contributed by atoms with Gasteiger partial charge in [0.25, 0.3) is 0 Å². The van der Waals surface area contributed by atoms with Gasteiger partial charge in [0.2, 0.25) is 0 Å². The fraction of sp³-hybridized carbons (Fsp3) is 0.435. The summed E-state index contributed by atoms with van der Waals surface area (Å²) in [5, 5.41) is 23.0. The number of rotatable bonds is 4. The zero-order valence-corrected chi connectivity index (χ0v) is 18.3. The first-order chi connectivity index (χ1) is 15.3. The first-order valence-electron chi connectivity index (χ1n) is 10.8. The average molecular weight is 440 g/mol. The van der Waals surface area contributed by atoms with Crippen LogP contribution in [0.4, 0.5) is 14.6 Å². The molecule has 2 fully saturated rings. The standard InChI is InChI=1S/C23H26F2N6O/c1-23-9-8-15(30(23)3)10-19(22(23)25)29(2)21-7-6-18(27-28-21)17-5-4-16(11-20(17)32)31-13-14(24)12-26-31/h4-7,11-13,15,19,22,32H,8-10H2,1-3H3/t15-,19-,22-,23+/m0/s1. The Morgan fingerprint density at radius 3 is 2.69 bits per heavy atom. The lowest BCUT2D eigenvalue weighted by Gasteiger charge is -2.49. The third-order valence-corrected chi connectivity index (χ3v) is 7.36. The zero-order chi connectivity index (χ0) is 22.6. The maximum Gasteiger partial charge on any atom is 0.161 e. The number of anilines is 1. The van der Waals surface area contributed by atoms with Gasteiger partial charge in [0.1, 0.15) is 11.9 Å². The molecule has 4 atom stereocenters. The maximum absolute atomic E-state index is 15.5. The van der Waals surface area contributed by atoms with E-state index in [1.807, 2.05) is 25.9 Å². The summed E-state index contributed by atoms with van der Waals surface area (Å²) in [6, 6.07) is 8.58. The lowest BCUT2D eigenvalue weighted by molar-refractivity contribution is 0.00185. The topological polar surface area (TPSA) is 70.3 Å². The number of fused-ring (bicyclic) bond motifs is 2. The molecule has 7 nitrogen and oxygen atoms in total. The molecule has 2 bridgehead atoms. The number of hydrogen-bond acceptors (Lipinski definition) is 6. The SMILES string of the molecule is CN(c1ccc(-c2ccc(-n3cc(F)cn3)cc2O)nn1)[C@H]1C[C@@H]2CC[C@](C)([C@H]1F)N2C. The van der Waals surface area contributed by atoms with Gasteiger partial charge in [-0.15, -0.1) is 10.2 Å². The summed E-state index contributed by atoms with van der Waals surface area (Å²) < 4.78 is 30.0. The van der Waals surface area contributed by atoms with Crippen LogP contribution in [0.25, 0.3) is 16.9 Å². The number of aromatic hydroxyl groups is 1. The van der Waals surface area contributed by atoms with E-state index in [-0.39, 0.29) is 11.8 Å². The Kier molecular flexibility index (Phi) is 4.88. The van der Waals surface area contributed by atoms with E-state index in [1.54, 1.807) is 24.3 Å². The van der Waals surface area contributed by atoms with Crippen molar-refractivity contribution >= 4 is 5.82 Å². The summed E-state index contributed by atoms with van der Waals surface area (Å²) in [4.78, 5) is 4.08. The van der Waals surface area contributed by atoms with Crippen molar-refractivity contribution in [2.24, 2.45) is 0 Å². The van der Waals surface area contributed by atoms with E-state index >= 15 is 4.39 Å². The summed E-state index contributed by atoms with van der Waals surface area (Å²) in [5.41, 5.74) is 1.07. The largest absolute Gasteiger partial charge is 0.507 e. The van der Waals surface area contributed by atoms with Crippen molar-refractivity contribution in [3.63, 3.8) is 0 Å². The third kappa shape index (κ3) is 3.23. The molecule has 32 heavy (non-hydrogen) atoms. The second-order valence-corrected chi connectivity index (χ2v) is 9.06. The molecule has 2 aliphatic heterocycles. The van der Waals surface area contributed by atoms with Gasteiger partial charge in [-0.1, -0.05) is 0 Å². The fourth-order valence-electron chi connectivity index (χ4n) is 5.17. The minimum absolute atomic E-state index is 0.0162. The Balaban J connectivity index is 1.36. The number of hydrogen-bond donors (Lipinski definition) is 1. The predicted molar refractivity (Wildman–Crippen MR) is 117 cm³/mol. The zero-order valence-electron chi connectivity index (χ0n) is 18.3. The third-order valence-electron chi connectivity index (χ3n) is 7.36. The van der Waals surface area contributed by atoms with E-state index in [0.29, 0.717) is 28.8 Å². The van der Waals surface area contributed by atoms with Crippen molar-refractivity contribution in [3.05, 3.63) is 48.5 Å². The average Bonchev–Trinajstić information content (AvgIpc) is 3.31. The van der Waals surface area contributed by atoms with Crippen molar-refractivity contribution in [2.75, 3.05) is 19.0 Å². The van der Waals surface area contributed by atoms with Gasteiger partial charge in [0, 0.05) is 24.7 Å². The number of piperidine rings is 1. The van der Waals surface area contributed by atoms with Gasteiger partial charge in [0.05, 0.1) is 35.4 Å². The molecule has 0 radical (unpaired) electrons. The van der Waals surface area contributed by atoms with Crippen LogP contribution >= 0.6 is 0 Å². The monoisotopic (exact) mass is 440 g/mol. The molecule has 4 heterocycles. The molecule has 9 heteroatoms. The molecule has 0 spiro atoms. The van der Waals surface area contributed by atoms with Gasteiger partial charge in [-0.05, 0) is 57.5 Å². The molecule has 0 aliphatic carbocycles. The van der Waals surface area contributed by atoms with Crippen molar-refractivity contribution in [1.29, 1.82) is 0 Å². The highest BCUT2D eigenvalue weighted by Gasteiger charge is 2.55. The van der Waals surface area contributed by atoms with Crippen molar-refractivity contribution in [3.8, 4) is 22.7 Å². The summed E-state index contributed by atoms with van der Waals surface area (Å²) >= 11 is 0. The van der Waals surface area contributed by atoms with Crippen LogP contribution in [0.1, 0.15) is 26.2 Å². The summed E-state index contributed by atoms with van der Waals surface area (Å²) in [5.74, 6) is 0.121. The van der Waals surface area contributed by atoms with Crippen molar-refractivity contribution in [2.45, 2.75) is 50.0 Å². The molecular formula is C23H26F2N6O. The molecule has 2 saturated heterocycles. The number of alkyl halides is 1. The van der Waals surface area contributed by atoms with E-state index in [0.717, 1.165) is 25.5 Å². The Bertz CT molecular complexity index is 1140. The number of nitrogens with zero attached hydrogens (tertiary/aromatic N) is 6. The van der Waals surface area contributed by atoms with Crippen LogP contribution in [0.15, 0.2) is 42.7 Å². The van der Waals surface area contributed by atoms with Crippen LogP contribution < -0.4 is 4.90 Å². The number of aromatic nitrogens is 4. The second kappa shape index (κ2) is 7.51. The Hall–Kier alpha value is -3.07. The van der Waals surface area contributed by atoms with Crippen LogP contribution in [0.2, 0.25) is 0 Å². The normalized spacial score (nSPS) is 27.6. The van der Waals surface area contributed by atoms with E-state index in [2.05, 4.69) is 20.2 Å². The summed E-state index contributed by atoms with van der Waals surface area (Å²) in [6.07, 6.45) is 3.98. The number of benzene rings is 1. The smallest absolute Gasteiger partial charge is 0.161 e. The van der Waals surface area contributed by atoms with Gasteiger partial charge in [-0.25, -0.2) is 13.5 Å². The quantitative estimate of drug-likeness (QED) is 0.669. The minimum Gasteiger partial charge on any atom is -0.507 e. The number of phenolic OH excluding ortho intramolecular Hbond substituents is 1. The second-order valence-electron chi connectivity index (χ2n) is 9.06. The minimum atomic E-state index is -0.985. The first kappa shape index (κ1) is 20.8. The Morgan fingerprint density at radius 1 is 1.22 bits per heavy atom. The molecule has 1 N–H and O–H groups in total. The molecule has 0 unspecified atom stereocenters. The highest BCUT2D eigenvalue weighted by molar-refractivity contribution is 5.69. The molecule has 0 saturated carbocycles. The predicted octanol–water partition coefficient (Wildman–Crippen LogP) is 3.57.